The molecule has 3 aliphatic rings. The average Bonchev–Trinajstić information content (AvgIpc) is 3.66. The molecular formula is C21H29N9O8. The molecule has 0 bridgehead atoms. The van der Waals surface area contributed by atoms with Crippen molar-refractivity contribution in [3.05, 3.63) is 24.7 Å². The van der Waals surface area contributed by atoms with Crippen molar-refractivity contribution in [2.24, 2.45) is 4.99 Å². The van der Waals surface area contributed by atoms with E-state index in [4.69, 9.17) is 25.4 Å². The van der Waals surface area contributed by atoms with Crippen LogP contribution in [0.25, 0.3) is 11.2 Å². The molecule has 206 valence electrons. The normalized spacial score (nSPS) is 32.5. The number of hydrogen-bond acceptors (Lipinski definition) is 15. The molecule has 2 fully saturated rings. The summed E-state index contributed by atoms with van der Waals surface area (Å²) in [7, 11) is 0. The zero-order valence-corrected chi connectivity index (χ0v) is 20.0. The molecule has 9 N–H and O–H groups in total. The summed E-state index contributed by atoms with van der Waals surface area (Å²) in [5.41, 5.74) is 7.05. The van der Waals surface area contributed by atoms with Gasteiger partial charge in [0.25, 0.3) is 0 Å². The van der Waals surface area contributed by atoms with Crippen molar-refractivity contribution >= 4 is 29.1 Å². The number of aliphatic hydroxyl groups is 6. The van der Waals surface area contributed by atoms with Crippen LogP contribution in [0.15, 0.2) is 24.0 Å². The van der Waals surface area contributed by atoms with E-state index in [1.807, 2.05) is 0 Å². The molecule has 1 unspecified atom stereocenters. The van der Waals surface area contributed by atoms with E-state index in [-0.39, 0.29) is 25.1 Å². The first kappa shape index (κ1) is 26.3. The van der Waals surface area contributed by atoms with E-state index in [0.717, 1.165) is 0 Å². The Labute approximate surface area is 214 Å². The number of imidazole rings is 2. The summed E-state index contributed by atoms with van der Waals surface area (Å²) < 4.78 is 14.0. The van der Waals surface area contributed by atoms with Gasteiger partial charge in [-0.3, -0.25) is 14.1 Å². The van der Waals surface area contributed by atoms with Crippen LogP contribution in [0.3, 0.4) is 0 Å². The van der Waals surface area contributed by atoms with Gasteiger partial charge in [0.1, 0.15) is 53.9 Å². The second kappa shape index (κ2) is 10.8. The third-order valence-electron chi connectivity index (χ3n) is 6.53. The summed E-state index contributed by atoms with van der Waals surface area (Å²) in [6.45, 7) is -0.340. The fourth-order valence-electron chi connectivity index (χ4n) is 4.57. The number of aliphatic imine (C=N–C) groups is 1. The predicted molar refractivity (Wildman–Crippen MR) is 129 cm³/mol. The molecule has 0 amide bonds. The highest BCUT2D eigenvalue weighted by Crippen LogP contribution is 2.35. The maximum Gasteiger partial charge on any atom is 0.167 e. The van der Waals surface area contributed by atoms with E-state index in [0.29, 0.717) is 29.1 Å². The number of anilines is 2. The SMILES string of the molecule is Nc1ncnc2c1ncn2[C@@H]1O[C@H](CO)C[C@H]1O.OC[C@H]1O[C@@H](n2cnc3c2NC=NCC3O)[C@H](O)[C@@H]1O. The summed E-state index contributed by atoms with van der Waals surface area (Å²) in [6, 6.07) is 0. The Morgan fingerprint density at radius 2 is 1.74 bits per heavy atom. The first-order chi connectivity index (χ1) is 18.3. The van der Waals surface area contributed by atoms with Crippen molar-refractivity contribution in [3.63, 3.8) is 0 Å². The minimum absolute atomic E-state index is 0.128. The molecule has 0 spiro atoms. The number of fused-ring (bicyclic) bond motifs is 2. The van der Waals surface area contributed by atoms with Gasteiger partial charge in [0.15, 0.2) is 23.9 Å². The maximum absolute atomic E-state index is 10.0. The van der Waals surface area contributed by atoms with Crippen molar-refractivity contribution in [2.45, 2.75) is 55.5 Å². The summed E-state index contributed by atoms with van der Waals surface area (Å²) >= 11 is 0. The number of hydrogen-bond donors (Lipinski definition) is 8. The molecule has 38 heavy (non-hydrogen) atoms. The second-order valence-corrected chi connectivity index (χ2v) is 8.99. The lowest BCUT2D eigenvalue weighted by Crippen LogP contribution is -2.33. The van der Waals surface area contributed by atoms with Crippen LogP contribution in [0.4, 0.5) is 11.6 Å². The first-order valence-corrected chi connectivity index (χ1v) is 11.8. The molecule has 3 aromatic heterocycles. The Hall–Kier alpha value is -3.29. The van der Waals surface area contributed by atoms with Gasteiger partial charge in [-0.15, -0.1) is 0 Å². The van der Waals surface area contributed by atoms with Crippen LogP contribution < -0.4 is 11.1 Å². The number of nitrogens with one attached hydrogen (secondary N) is 1. The monoisotopic (exact) mass is 535 g/mol. The van der Waals surface area contributed by atoms with E-state index in [1.54, 1.807) is 4.57 Å². The van der Waals surface area contributed by atoms with E-state index in [2.05, 4.69) is 30.2 Å². The molecule has 0 aromatic carbocycles. The Morgan fingerprint density at radius 1 is 0.947 bits per heavy atom. The number of nitrogens with two attached hydrogens (primary N) is 1. The van der Waals surface area contributed by atoms with Gasteiger partial charge < -0.3 is 51.2 Å². The Bertz CT molecular complexity index is 1280. The lowest BCUT2D eigenvalue weighted by atomic mass is 10.1. The van der Waals surface area contributed by atoms with Gasteiger partial charge >= 0.3 is 0 Å². The van der Waals surface area contributed by atoms with Gasteiger partial charge in [-0.2, -0.15) is 0 Å². The highest BCUT2D eigenvalue weighted by Gasteiger charge is 2.44. The summed E-state index contributed by atoms with van der Waals surface area (Å²) in [5.74, 6) is 0.721. The molecule has 0 aliphatic carbocycles. The van der Waals surface area contributed by atoms with Crippen molar-refractivity contribution in [3.8, 4) is 0 Å². The van der Waals surface area contributed by atoms with E-state index >= 15 is 0 Å². The predicted octanol–water partition coefficient (Wildman–Crippen LogP) is -2.97. The quantitative estimate of drug-likeness (QED) is 0.166. The zero-order chi connectivity index (χ0) is 27.0. The van der Waals surface area contributed by atoms with Crippen molar-refractivity contribution < 1.29 is 40.1 Å². The fourth-order valence-corrected chi connectivity index (χ4v) is 4.57. The number of nitrogen functional groups attached to an aromatic ring is 1. The summed E-state index contributed by atoms with van der Waals surface area (Å²) in [4.78, 5) is 20.1. The van der Waals surface area contributed by atoms with Crippen LogP contribution in [-0.4, -0.2) is 116 Å². The summed E-state index contributed by atoms with van der Waals surface area (Å²) in [6.07, 6.45) is -0.659. The number of rotatable bonds is 4. The number of ether oxygens (including phenoxy) is 2. The van der Waals surface area contributed by atoms with E-state index < -0.39 is 49.6 Å². The standard InChI is InChI=1S/C11H16N4O5.C10H13N5O3/c16-2-6-8(18)9(19)11(20-6)15-4-14-7-5(17)1-12-3-13-10(7)15;11-8-7-9(13-3-12-8)15(4-14-7)10-6(17)1-5(2-16)18-10/h3-6,8-9,11,16-19H,1-2H2,(H,12,13);3-6,10,16-17H,1-2H2,(H2,11,12,13)/t5?,6-,8-,9-,11-;5-,6+,10+/m10/s1. The van der Waals surface area contributed by atoms with Crippen LogP contribution in [0.5, 0.6) is 0 Å². The van der Waals surface area contributed by atoms with Crippen LogP contribution in [0.1, 0.15) is 30.7 Å². The molecule has 0 radical (unpaired) electrons. The largest absolute Gasteiger partial charge is 0.394 e. The molecular weight excluding hydrogens is 506 g/mol. The van der Waals surface area contributed by atoms with E-state index in [9.17, 15) is 20.4 Å². The zero-order valence-electron chi connectivity index (χ0n) is 20.0. The Morgan fingerprint density at radius 3 is 2.45 bits per heavy atom. The third kappa shape index (κ3) is 4.69. The van der Waals surface area contributed by atoms with Crippen molar-refractivity contribution in [1.82, 2.24) is 29.1 Å². The average molecular weight is 536 g/mol. The number of aliphatic hydroxyl groups excluding tert-OH is 6. The molecule has 17 nitrogen and oxygen atoms in total. The second-order valence-electron chi connectivity index (χ2n) is 8.99. The minimum atomic E-state index is -1.20. The number of nitrogens with zero attached hydrogens (tertiary/aromatic N) is 7. The van der Waals surface area contributed by atoms with E-state index in [1.165, 1.54) is 29.9 Å². The molecule has 2 saturated heterocycles. The molecule has 6 rings (SSSR count). The van der Waals surface area contributed by atoms with Crippen LogP contribution in [-0.2, 0) is 9.47 Å². The van der Waals surface area contributed by atoms with Gasteiger partial charge in [-0.1, -0.05) is 0 Å². The first-order valence-electron chi connectivity index (χ1n) is 11.8. The smallest absolute Gasteiger partial charge is 0.167 e. The van der Waals surface area contributed by atoms with Crippen LogP contribution >= 0.6 is 0 Å². The van der Waals surface area contributed by atoms with Gasteiger partial charge in [-0.05, 0) is 0 Å². The molecule has 3 aromatic rings. The highest BCUT2D eigenvalue weighted by molar-refractivity contribution is 5.81. The molecule has 6 heterocycles. The number of aromatic nitrogens is 6. The van der Waals surface area contributed by atoms with Crippen LogP contribution in [0.2, 0.25) is 0 Å². The highest BCUT2D eigenvalue weighted by atomic mass is 16.6. The fraction of sp³-hybridized carbons (Fsp3) is 0.571. The topological polar surface area (TPSA) is 252 Å². The molecule has 3 aliphatic heterocycles. The van der Waals surface area contributed by atoms with Crippen molar-refractivity contribution in [2.75, 3.05) is 30.8 Å². The van der Waals surface area contributed by atoms with Crippen LogP contribution in [0, 0.1) is 0 Å². The Balaban J connectivity index is 0.000000156. The molecule has 17 heteroatoms. The lowest BCUT2D eigenvalue weighted by Gasteiger charge is -2.19. The van der Waals surface area contributed by atoms with Gasteiger partial charge in [0.2, 0.25) is 0 Å². The minimum Gasteiger partial charge on any atom is -0.394 e. The molecule has 0 saturated carbocycles. The lowest BCUT2D eigenvalue weighted by molar-refractivity contribution is -0.0518. The van der Waals surface area contributed by atoms with Gasteiger partial charge in [-0.25, -0.2) is 19.9 Å². The van der Waals surface area contributed by atoms with Gasteiger partial charge in [0, 0.05) is 6.42 Å². The van der Waals surface area contributed by atoms with Crippen molar-refractivity contribution in [1.29, 1.82) is 0 Å². The molecule has 8 atom stereocenters. The Kier molecular flexibility index (Phi) is 7.50. The third-order valence-corrected chi connectivity index (χ3v) is 6.53. The maximum atomic E-state index is 10.0. The van der Waals surface area contributed by atoms with Gasteiger partial charge in [0.05, 0.1) is 44.9 Å². The summed E-state index contributed by atoms with van der Waals surface area (Å²) in [5, 5.41) is 60.6.